The van der Waals surface area contributed by atoms with Gasteiger partial charge in [-0.1, -0.05) is 0 Å². The summed E-state index contributed by atoms with van der Waals surface area (Å²) in [5, 5.41) is 0. The number of carbonyl (C=O) groups excluding carboxylic acids is 3. The molecular formula is C9H13NO3. The van der Waals surface area contributed by atoms with E-state index < -0.39 is 5.92 Å². The van der Waals surface area contributed by atoms with Crippen LogP contribution in [0.1, 0.15) is 20.3 Å². The van der Waals surface area contributed by atoms with Crippen molar-refractivity contribution in [2.24, 2.45) is 5.92 Å². The summed E-state index contributed by atoms with van der Waals surface area (Å²) in [6.07, 6.45) is 0.284. The minimum atomic E-state index is -1.04. The minimum Gasteiger partial charge on any atom is -0.342 e. The third-order valence-electron chi connectivity index (χ3n) is 2.48. The molecule has 4 heteroatoms. The van der Waals surface area contributed by atoms with Crippen molar-refractivity contribution in [3.8, 4) is 0 Å². The van der Waals surface area contributed by atoms with E-state index in [0.717, 1.165) is 0 Å². The van der Waals surface area contributed by atoms with Gasteiger partial charge in [0.25, 0.3) is 0 Å². The molecule has 0 spiro atoms. The minimum absolute atomic E-state index is 0.0874. The molecule has 1 saturated heterocycles. The number of ketones is 2. The SMILES string of the molecule is CC(=O)C1C(=O)CC(C)N(C)C1=O. The zero-order valence-corrected chi connectivity index (χ0v) is 8.03. The summed E-state index contributed by atoms with van der Waals surface area (Å²) in [4.78, 5) is 35.3. The van der Waals surface area contributed by atoms with E-state index in [1.807, 2.05) is 0 Å². The topological polar surface area (TPSA) is 54.5 Å². The van der Waals surface area contributed by atoms with E-state index in [9.17, 15) is 14.4 Å². The first-order valence-corrected chi connectivity index (χ1v) is 4.25. The van der Waals surface area contributed by atoms with Crippen molar-refractivity contribution < 1.29 is 14.4 Å². The predicted molar refractivity (Wildman–Crippen MR) is 46.0 cm³/mol. The standard InChI is InChI=1S/C9H13NO3/c1-5-4-7(12)8(6(2)11)9(13)10(5)3/h5,8H,4H2,1-3H3. The summed E-state index contributed by atoms with van der Waals surface area (Å²) in [6.45, 7) is 3.08. The lowest BCUT2D eigenvalue weighted by atomic mass is 9.89. The third kappa shape index (κ3) is 1.61. The molecule has 0 aromatic heterocycles. The Hall–Kier alpha value is -1.19. The van der Waals surface area contributed by atoms with Crippen molar-refractivity contribution in [2.75, 3.05) is 7.05 Å². The Kier molecular flexibility index (Phi) is 2.50. The van der Waals surface area contributed by atoms with E-state index in [4.69, 9.17) is 0 Å². The van der Waals surface area contributed by atoms with Crippen LogP contribution in [0.3, 0.4) is 0 Å². The van der Waals surface area contributed by atoms with Crippen molar-refractivity contribution in [3.63, 3.8) is 0 Å². The molecule has 0 radical (unpaired) electrons. The molecule has 0 saturated carbocycles. The van der Waals surface area contributed by atoms with Crippen molar-refractivity contribution in [2.45, 2.75) is 26.3 Å². The molecule has 1 aliphatic heterocycles. The molecule has 13 heavy (non-hydrogen) atoms. The van der Waals surface area contributed by atoms with E-state index in [2.05, 4.69) is 0 Å². The summed E-state index contributed by atoms with van der Waals surface area (Å²) in [5.74, 6) is -2.01. The van der Waals surface area contributed by atoms with Crippen molar-refractivity contribution in [1.82, 2.24) is 4.90 Å². The number of nitrogens with zero attached hydrogens (tertiary/aromatic N) is 1. The van der Waals surface area contributed by atoms with E-state index in [0.29, 0.717) is 0 Å². The first-order chi connectivity index (χ1) is 5.95. The van der Waals surface area contributed by atoms with Gasteiger partial charge in [0.1, 0.15) is 5.78 Å². The molecule has 2 unspecified atom stereocenters. The van der Waals surface area contributed by atoms with Gasteiger partial charge in [0.05, 0.1) is 0 Å². The van der Waals surface area contributed by atoms with Crippen LogP contribution in [-0.2, 0) is 14.4 Å². The van der Waals surface area contributed by atoms with Crippen LogP contribution in [0.4, 0.5) is 0 Å². The van der Waals surface area contributed by atoms with Gasteiger partial charge in [0.2, 0.25) is 5.91 Å². The largest absolute Gasteiger partial charge is 0.342 e. The van der Waals surface area contributed by atoms with E-state index >= 15 is 0 Å². The number of amides is 1. The number of hydrogen-bond acceptors (Lipinski definition) is 3. The maximum atomic E-state index is 11.5. The smallest absolute Gasteiger partial charge is 0.240 e. The second-order valence-electron chi connectivity index (χ2n) is 3.51. The normalized spacial score (nSPS) is 29.3. The van der Waals surface area contributed by atoms with Crippen LogP contribution >= 0.6 is 0 Å². The Bertz CT molecular complexity index is 272. The van der Waals surface area contributed by atoms with Crippen LogP contribution < -0.4 is 0 Å². The molecular weight excluding hydrogens is 170 g/mol. The molecule has 0 bridgehead atoms. The molecule has 1 amide bonds. The van der Waals surface area contributed by atoms with Crippen molar-refractivity contribution in [1.29, 1.82) is 0 Å². The summed E-state index contributed by atoms with van der Waals surface area (Å²) >= 11 is 0. The van der Waals surface area contributed by atoms with Crippen LogP contribution in [0.2, 0.25) is 0 Å². The number of rotatable bonds is 1. The molecule has 1 rings (SSSR count). The van der Waals surface area contributed by atoms with Crippen molar-refractivity contribution in [3.05, 3.63) is 0 Å². The van der Waals surface area contributed by atoms with Crippen LogP contribution in [0.5, 0.6) is 0 Å². The van der Waals surface area contributed by atoms with Crippen LogP contribution in [0.25, 0.3) is 0 Å². The molecule has 1 aliphatic rings. The number of hydrogen-bond donors (Lipinski definition) is 0. The molecule has 1 fully saturated rings. The molecule has 0 aliphatic carbocycles. The summed E-state index contributed by atoms with van der Waals surface area (Å²) in [5.41, 5.74) is 0. The highest BCUT2D eigenvalue weighted by atomic mass is 16.2. The van der Waals surface area contributed by atoms with E-state index in [-0.39, 0.29) is 29.9 Å². The molecule has 0 aromatic carbocycles. The number of carbonyl (C=O) groups is 3. The fourth-order valence-corrected chi connectivity index (χ4v) is 1.51. The molecule has 1 heterocycles. The van der Waals surface area contributed by atoms with Crippen LogP contribution in [-0.4, -0.2) is 35.5 Å². The van der Waals surface area contributed by atoms with Gasteiger partial charge in [0, 0.05) is 19.5 Å². The van der Waals surface area contributed by atoms with Gasteiger partial charge in [-0.25, -0.2) is 0 Å². The van der Waals surface area contributed by atoms with Gasteiger partial charge in [-0.05, 0) is 13.8 Å². The average Bonchev–Trinajstić information content (AvgIpc) is 1.99. The lowest BCUT2D eigenvalue weighted by Crippen LogP contribution is -2.50. The molecule has 4 nitrogen and oxygen atoms in total. The Morgan fingerprint density at radius 3 is 2.46 bits per heavy atom. The van der Waals surface area contributed by atoms with Gasteiger partial charge < -0.3 is 4.90 Å². The third-order valence-corrected chi connectivity index (χ3v) is 2.48. The second kappa shape index (κ2) is 3.28. The fraction of sp³-hybridized carbons (Fsp3) is 0.667. The Morgan fingerprint density at radius 2 is 2.00 bits per heavy atom. The summed E-state index contributed by atoms with van der Waals surface area (Å²) in [6, 6.07) is -0.0874. The Balaban J connectivity index is 2.92. The Morgan fingerprint density at radius 1 is 1.46 bits per heavy atom. The van der Waals surface area contributed by atoms with Crippen LogP contribution in [0.15, 0.2) is 0 Å². The van der Waals surface area contributed by atoms with Gasteiger partial charge in [-0.15, -0.1) is 0 Å². The highest BCUT2D eigenvalue weighted by Crippen LogP contribution is 2.19. The summed E-state index contributed by atoms with van der Waals surface area (Å²) in [7, 11) is 1.62. The van der Waals surface area contributed by atoms with Gasteiger partial charge in [0.15, 0.2) is 11.7 Å². The van der Waals surface area contributed by atoms with Gasteiger partial charge in [-0.2, -0.15) is 0 Å². The zero-order valence-electron chi connectivity index (χ0n) is 8.03. The fourth-order valence-electron chi connectivity index (χ4n) is 1.51. The lowest BCUT2D eigenvalue weighted by Gasteiger charge is -2.32. The van der Waals surface area contributed by atoms with Crippen molar-refractivity contribution >= 4 is 17.5 Å². The number of piperidine rings is 1. The van der Waals surface area contributed by atoms with Gasteiger partial charge >= 0.3 is 0 Å². The monoisotopic (exact) mass is 183 g/mol. The van der Waals surface area contributed by atoms with E-state index in [1.165, 1.54) is 11.8 Å². The highest BCUT2D eigenvalue weighted by Gasteiger charge is 2.39. The number of Topliss-reactive ketones (excluding diaryl/α,β-unsaturated/α-hetero) is 2. The number of likely N-dealkylation sites (tertiary alicyclic amines) is 1. The first-order valence-electron chi connectivity index (χ1n) is 4.25. The Labute approximate surface area is 76.9 Å². The second-order valence-corrected chi connectivity index (χ2v) is 3.51. The molecule has 2 atom stereocenters. The van der Waals surface area contributed by atoms with Gasteiger partial charge in [-0.3, -0.25) is 14.4 Å². The zero-order chi connectivity index (χ0) is 10.2. The lowest BCUT2D eigenvalue weighted by molar-refractivity contribution is -0.150. The first kappa shape index (κ1) is 9.89. The predicted octanol–water partition coefficient (Wildman–Crippen LogP) is 0.0113. The molecule has 0 N–H and O–H groups in total. The average molecular weight is 183 g/mol. The maximum absolute atomic E-state index is 11.5. The molecule has 72 valence electrons. The quantitative estimate of drug-likeness (QED) is 0.538. The van der Waals surface area contributed by atoms with E-state index in [1.54, 1.807) is 14.0 Å². The van der Waals surface area contributed by atoms with Crippen LogP contribution in [0, 0.1) is 5.92 Å². The maximum Gasteiger partial charge on any atom is 0.240 e. The highest BCUT2D eigenvalue weighted by molar-refractivity contribution is 6.19. The summed E-state index contributed by atoms with van der Waals surface area (Å²) < 4.78 is 0. The molecule has 0 aromatic rings.